The lowest BCUT2D eigenvalue weighted by Crippen LogP contribution is -2.39. The van der Waals surface area contributed by atoms with Crippen molar-refractivity contribution in [2.75, 3.05) is 13.2 Å². The molecule has 0 saturated heterocycles. The summed E-state index contributed by atoms with van der Waals surface area (Å²) in [5, 5.41) is 12.6. The Morgan fingerprint density at radius 2 is 1.80 bits per heavy atom. The van der Waals surface area contributed by atoms with E-state index in [2.05, 4.69) is 26.1 Å². The van der Waals surface area contributed by atoms with Crippen molar-refractivity contribution in [3.05, 3.63) is 0 Å². The zero-order chi connectivity index (χ0) is 11.3. The SMILES string of the molecule is CC1CCC(NCC(C)(C)CCO)CC1. The molecule has 15 heavy (non-hydrogen) atoms. The third-order valence-electron chi connectivity index (χ3n) is 3.67. The highest BCUT2D eigenvalue weighted by atomic mass is 16.3. The van der Waals surface area contributed by atoms with Crippen molar-refractivity contribution in [1.82, 2.24) is 5.32 Å². The van der Waals surface area contributed by atoms with Crippen molar-refractivity contribution in [2.45, 2.75) is 58.9 Å². The van der Waals surface area contributed by atoms with Gasteiger partial charge in [-0.05, 0) is 43.4 Å². The second-order valence-electron chi connectivity index (χ2n) is 5.98. The predicted molar refractivity (Wildman–Crippen MR) is 64.9 cm³/mol. The van der Waals surface area contributed by atoms with E-state index in [-0.39, 0.29) is 5.41 Å². The molecule has 1 fully saturated rings. The summed E-state index contributed by atoms with van der Waals surface area (Å²) in [5.74, 6) is 0.925. The third-order valence-corrected chi connectivity index (χ3v) is 3.67. The Morgan fingerprint density at radius 1 is 1.20 bits per heavy atom. The number of hydrogen-bond donors (Lipinski definition) is 2. The number of hydrogen-bond acceptors (Lipinski definition) is 2. The fourth-order valence-corrected chi connectivity index (χ4v) is 2.28. The zero-order valence-electron chi connectivity index (χ0n) is 10.6. The number of nitrogens with one attached hydrogen (secondary N) is 1. The first-order valence-corrected chi connectivity index (χ1v) is 6.38. The van der Waals surface area contributed by atoms with Gasteiger partial charge in [0.05, 0.1) is 0 Å². The predicted octanol–water partition coefficient (Wildman–Crippen LogP) is 2.56. The summed E-state index contributed by atoms with van der Waals surface area (Å²) in [7, 11) is 0. The molecule has 0 aliphatic heterocycles. The number of aliphatic hydroxyl groups excluding tert-OH is 1. The molecule has 2 nitrogen and oxygen atoms in total. The Kier molecular flexibility index (Phi) is 5.07. The number of rotatable bonds is 5. The zero-order valence-corrected chi connectivity index (χ0v) is 10.6. The summed E-state index contributed by atoms with van der Waals surface area (Å²) in [6, 6.07) is 0.721. The van der Waals surface area contributed by atoms with E-state index >= 15 is 0 Å². The molecule has 2 N–H and O–H groups in total. The molecule has 0 radical (unpaired) electrons. The van der Waals surface area contributed by atoms with E-state index in [4.69, 9.17) is 5.11 Å². The van der Waals surface area contributed by atoms with Crippen LogP contribution >= 0.6 is 0 Å². The largest absolute Gasteiger partial charge is 0.396 e. The van der Waals surface area contributed by atoms with Crippen LogP contribution in [0, 0.1) is 11.3 Å². The summed E-state index contributed by atoms with van der Waals surface area (Å²) in [6.45, 7) is 8.14. The smallest absolute Gasteiger partial charge is 0.0436 e. The molecule has 0 spiro atoms. The minimum absolute atomic E-state index is 0.234. The standard InChI is InChI=1S/C13H27NO/c1-11-4-6-12(7-5-11)14-10-13(2,3)8-9-15/h11-12,14-15H,4-10H2,1-3H3. The van der Waals surface area contributed by atoms with E-state index in [0.29, 0.717) is 6.61 Å². The maximum atomic E-state index is 8.95. The van der Waals surface area contributed by atoms with Gasteiger partial charge in [0.25, 0.3) is 0 Å². The second-order valence-corrected chi connectivity index (χ2v) is 5.98. The molecule has 0 amide bonds. The monoisotopic (exact) mass is 213 g/mol. The van der Waals surface area contributed by atoms with Crippen molar-refractivity contribution < 1.29 is 5.11 Å². The van der Waals surface area contributed by atoms with Crippen LogP contribution in [0.25, 0.3) is 0 Å². The molecule has 0 unspecified atom stereocenters. The summed E-state index contributed by atoms with van der Waals surface area (Å²) < 4.78 is 0. The van der Waals surface area contributed by atoms with Crippen LogP contribution in [0.1, 0.15) is 52.9 Å². The Bertz CT molecular complexity index is 171. The van der Waals surface area contributed by atoms with Gasteiger partial charge in [-0.15, -0.1) is 0 Å². The first kappa shape index (κ1) is 13.0. The van der Waals surface area contributed by atoms with Crippen molar-refractivity contribution >= 4 is 0 Å². The van der Waals surface area contributed by atoms with Gasteiger partial charge in [0.2, 0.25) is 0 Å². The van der Waals surface area contributed by atoms with Crippen LogP contribution < -0.4 is 5.32 Å². The van der Waals surface area contributed by atoms with Gasteiger partial charge in [-0.25, -0.2) is 0 Å². The molecule has 2 heteroatoms. The fraction of sp³-hybridized carbons (Fsp3) is 1.00. The molecule has 0 aromatic rings. The Hall–Kier alpha value is -0.0800. The summed E-state index contributed by atoms with van der Waals surface area (Å²) in [5.41, 5.74) is 0.234. The van der Waals surface area contributed by atoms with E-state index in [1.54, 1.807) is 0 Å². The lowest BCUT2D eigenvalue weighted by atomic mass is 9.85. The molecule has 0 aromatic heterocycles. The Labute approximate surface area is 94.5 Å². The maximum Gasteiger partial charge on any atom is 0.0436 e. The molecule has 1 rings (SSSR count). The van der Waals surface area contributed by atoms with E-state index < -0.39 is 0 Å². The van der Waals surface area contributed by atoms with Gasteiger partial charge < -0.3 is 10.4 Å². The molecule has 1 saturated carbocycles. The molecule has 0 bridgehead atoms. The van der Waals surface area contributed by atoms with Gasteiger partial charge in [-0.1, -0.05) is 20.8 Å². The van der Waals surface area contributed by atoms with Crippen LogP contribution in [0.5, 0.6) is 0 Å². The normalized spacial score (nSPS) is 28.0. The lowest BCUT2D eigenvalue weighted by molar-refractivity contribution is 0.194. The average Bonchev–Trinajstić information content (AvgIpc) is 2.17. The molecule has 90 valence electrons. The van der Waals surface area contributed by atoms with Crippen LogP contribution in [0.3, 0.4) is 0 Å². The Morgan fingerprint density at radius 3 is 2.33 bits per heavy atom. The van der Waals surface area contributed by atoms with Gasteiger partial charge in [-0.2, -0.15) is 0 Å². The molecule has 1 aliphatic rings. The first-order chi connectivity index (χ1) is 7.03. The summed E-state index contributed by atoms with van der Waals surface area (Å²) in [6.07, 6.45) is 6.30. The van der Waals surface area contributed by atoms with Crippen LogP contribution in [0.15, 0.2) is 0 Å². The fourth-order valence-electron chi connectivity index (χ4n) is 2.28. The first-order valence-electron chi connectivity index (χ1n) is 6.38. The van der Waals surface area contributed by atoms with Crippen molar-refractivity contribution in [1.29, 1.82) is 0 Å². The highest BCUT2D eigenvalue weighted by Gasteiger charge is 2.21. The minimum atomic E-state index is 0.234. The van der Waals surface area contributed by atoms with Gasteiger partial charge in [0, 0.05) is 19.2 Å². The molecule has 0 atom stereocenters. The summed E-state index contributed by atoms with van der Waals surface area (Å²) >= 11 is 0. The highest BCUT2D eigenvalue weighted by molar-refractivity contribution is 4.79. The van der Waals surface area contributed by atoms with E-state index in [1.807, 2.05) is 0 Å². The van der Waals surface area contributed by atoms with E-state index in [0.717, 1.165) is 24.9 Å². The molecule has 0 heterocycles. The van der Waals surface area contributed by atoms with Gasteiger partial charge in [0.15, 0.2) is 0 Å². The topological polar surface area (TPSA) is 32.3 Å². The van der Waals surface area contributed by atoms with Crippen molar-refractivity contribution in [3.8, 4) is 0 Å². The average molecular weight is 213 g/mol. The van der Waals surface area contributed by atoms with Crippen LogP contribution in [0.4, 0.5) is 0 Å². The highest BCUT2D eigenvalue weighted by Crippen LogP contribution is 2.25. The van der Waals surface area contributed by atoms with Crippen LogP contribution in [-0.4, -0.2) is 24.3 Å². The molecular formula is C13H27NO. The second kappa shape index (κ2) is 5.86. The van der Waals surface area contributed by atoms with E-state index in [1.165, 1.54) is 25.7 Å². The van der Waals surface area contributed by atoms with Crippen LogP contribution in [0.2, 0.25) is 0 Å². The summed E-state index contributed by atoms with van der Waals surface area (Å²) in [4.78, 5) is 0. The molecule has 1 aliphatic carbocycles. The molecule has 0 aromatic carbocycles. The van der Waals surface area contributed by atoms with Crippen molar-refractivity contribution in [3.63, 3.8) is 0 Å². The van der Waals surface area contributed by atoms with Crippen molar-refractivity contribution in [2.24, 2.45) is 11.3 Å². The molecular weight excluding hydrogens is 186 g/mol. The van der Waals surface area contributed by atoms with Crippen LogP contribution in [-0.2, 0) is 0 Å². The van der Waals surface area contributed by atoms with E-state index in [9.17, 15) is 0 Å². The quantitative estimate of drug-likeness (QED) is 0.735. The third kappa shape index (κ3) is 4.98. The van der Waals surface area contributed by atoms with Gasteiger partial charge in [0.1, 0.15) is 0 Å². The number of aliphatic hydroxyl groups is 1. The van der Waals surface area contributed by atoms with Gasteiger partial charge in [-0.3, -0.25) is 0 Å². The van der Waals surface area contributed by atoms with Gasteiger partial charge >= 0.3 is 0 Å². The minimum Gasteiger partial charge on any atom is -0.396 e. The lowest BCUT2D eigenvalue weighted by Gasteiger charge is -2.31. The maximum absolute atomic E-state index is 8.95. The Balaban J connectivity index is 2.19.